The van der Waals surface area contributed by atoms with Gasteiger partial charge in [-0.1, -0.05) is 35.9 Å². The van der Waals surface area contributed by atoms with E-state index in [1.54, 1.807) is 24.3 Å². The second-order valence-electron chi connectivity index (χ2n) is 5.10. The zero-order chi connectivity index (χ0) is 17.3. The summed E-state index contributed by atoms with van der Waals surface area (Å²) in [4.78, 5) is 24.4. The van der Waals surface area contributed by atoms with Crippen molar-refractivity contribution in [2.24, 2.45) is 7.05 Å². The first-order chi connectivity index (χ1) is 11.5. The summed E-state index contributed by atoms with van der Waals surface area (Å²) in [6.07, 6.45) is 0. The smallest absolute Gasteiger partial charge is 0.359 e. The first-order valence-corrected chi connectivity index (χ1v) is 7.43. The molecule has 0 aliphatic carbocycles. The van der Waals surface area contributed by atoms with Gasteiger partial charge in [0.15, 0.2) is 5.69 Å². The van der Waals surface area contributed by atoms with Crippen molar-refractivity contribution in [2.75, 3.05) is 0 Å². The Hall–Kier alpha value is -2.73. The van der Waals surface area contributed by atoms with Gasteiger partial charge in [-0.05, 0) is 18.2 Å². The molecule has 3 aromatic rings. The van der Waals surface area contributed by atoms with Crippen LogP contribution in [-0.4, -0.2) is 15.7 Å². The molecule has 0 saturated carbocycles. The topological polar surface area (TPSA) is 61.2 Å². The number of carbonyl (C=O) groups excluding carboxylic acids is 1. The zero-order valence-corrected chi connectivity index (χ0v) is 13.4. The number of aromatic nitrogens is 2. The van der Waals surface area contributed by atoms with Gasteiger partial charge >= 0.3 is 5.97 Å². The number of aryl methyl sites for hydroxylation is 1. The van der Waals surface area contributed by atoms with Crippen molar-refractivity contribution in [3.8, 4) is 0 Å². The zero-order valence-electron chi connectivity index (χ0n) is 12.6. The van der Waals surface area contributed by atoms with Crippen LogP contribution in [0.25, 0.3) is 10.8 Å². The fraction of sp³-hybridized carbons (Fsp3) is 0.118. The van der Waals surface area contributed by atoms with Crippen LogP contribution in [0.2, 0.25) is 5.02 Å². The summed E-state index contributed by atoms with van der Waals surface area (Å²) in [6, 6.07) is 10.8. The molecule has 2 aromatic carbocycles. The predicted molar refractivity (Wildman–Crippen MR) is 87.5 cm³/mol. The van der Waals surface area contributed by atoms with Crippen molar-refractivity contribution in [3.63, 3.8) is 0 Å². The molecule has 0 fully saturated rings. The van der Waals surface area contributed by atoms with E-state index in [9.17, 15) is 14.0 Å². The van der Waals surface area contributed by atoms with Crippen molar-refractivity contribution >= 4 is 28.3 Å². The van der Waals surface area contributed by atoms with Crippen LogP contribution in [0.4, 0.5) is 4.39 Å². The molecule has 7 heteroatoms. The van der Waals surface area contributed by atoms with E-state index in [-0.39, 0.29) is 28.4 Å². The first-order valence-electron chi connectivity index (χ1n) is 7.05. The SMILES string of the molecule is Cn1nc(C(=O)OCc2c(F)cccc2Cl)c2ccccc2c1=O. The quantitative estimate of drug-likeness (QED) is 0.684. The van der Waals surface area contributed by atoms with Gasteiger partial charge in [0.1, 0.15) is 12.4 Å². The molecule has 1 heterocycles. The van der Waals surface area contributed by atoms with Crippen LogP contribution in [-0.2, 0) is 18.4 Å². The van der Waals surface area contributed by atoms with Crippen LogP contribution < -0.4 is 5.56 Å². The molecule has 3 rings (SSSR count). The van der Waals surface area contributed by atoms with Gasteiger partial charge in [-0.25, -0.2) is 13.9 Å². The largest absolute Gasteiger partial charge is 0.456 e. The van der Waals surface area contributed by atoms with Gasteiger partial charge in [-0.2, -0.15) is 5.10 Å². The molecule has 0 saturated heterocycles. The van der Waals surface area contributed by atoms with Crippen LogP contribution in [0, 0.1) is 5.82 Å². The highest BCUT2D eigenvalue weighted by Gasteiger charge is 2.18. The second-order valence-corrected chi connectivity index (χ2v) is 5.51. The van der Waals surface area contributed by atoms with Crippen LogP contribution in [0.3, 0.4) is 0 Å². The fourth-order valence-corrected chi connectivity index (χ4v) is 2.54. The van der Waals surface area contributed by atoms with Gasteiger partial charge in [-0.3, -0.25) is 4.79 Å². The van der Waals surface area contributed by atoms with Gasteiger partial charge in [0.05, 0.1) is 10.4 Å². The number of rotatable bonds is 3. The molecule has 0 aliphatic rings. The molecule has 0 N–H and O–H groups in total. The minimum Gasteiger partial charge on any atom is -0.456 e. The third kappa shape index (κ3) is 2.88. The summed E-state index contributed by atoms with van der Waals surface area (Å²) in [7, 11) is 1.44. The molecule has 24 heavy (non-hydrogen) atoms. The molecule has 0 spiro atoms. The summed E-state index contributed by atoms with van der Waals surface area (Å²) >= 11 is 5.91. The number of halogens is 2. The van der Waals surface area contributed by atoms with Crippen molar-refractivity contribution in [3.05, 3.63) is 74.9 Å². The number of ether oxygens (including phenoxy) is 1. The van der Waals surface area contributed by atoms with Crippen LogP contribution in [0.1, 0.15) is 16.1 Å². The van der Waals surface area contributed by atoms with Gasteiger partial charge in [0.2, 0.25) is 0 Å². The monoisotopic (exact) mass is 346 g/mol. The van der Waals surface area contributed by atoms with Gasteiger partial charge in [0, 0.05) is 18.0 Å². The lowest BCUT2D eigenvalue weighted by Gasteiger charge is -2.09. The standard InChI is InChI=1S/C17H12ClFN2O3/c1-21-16(22)11-6-3-2-5-10(11)15(20-21)17(23)24-9-12-13(18)7-4-8-14(12)19/h2-8H,9H2,1H3. The Kier molecular flexibility index (Phi) is 4.31. The van der Waals surface area contributed by atoms with E-state index < -0.39 is 11.8 Å². The number of nitrogens with zero attached hydrogens (tertiary/aromatic N) is 2. The Balaban J connectivity index is 1.95. The Morgan fingerprint density at radius 2 is 1.92 bits per heavy atom. The summed E-state index contributed by atoms with van der Waals surface area (Å²) in [5, 5.41) is 4.86. The molecule has 0 unspecified atom stereocenters. The predicted octanol–water partition coefficient (Wildman–Crippen LogP) is 3.08. The van der Waals surface area contributed by atoms with Crippen LogP contribution >= 0.6 is 11.6 Å². The van der Waals surface area contributed by atoms with E-state index in [4.69, 9.17) is 16.3 Å². The Labute approximate surface area is 141 Å². The lowest BCUT2D eigenvalue weighted by molar-refractivity contribution is 0.0462. The van der Waals surface area contributed by atoms with Crippen LogP contribution in [0.15, 0.2) is 47.3 Å². The molecule has 1 aromatic heterocycles. The van der Waals surface area contributed by atoms with Crippen molar-refractivity contribution in [1.82, 2.24) is 9.78 Å². The maximum absolute atomic E-state index is 13.7. The lowest BCUT2D eigenvalue weighted by atomic mass is 10.1. The number of hydrogen-bond donors (Lipinski definition) is 0. The molecule has 0 aliphatic heterocycles. The molecule has 0 radical (unpaired) electrons. The number of fused-ring (bicyclic) bond motifs is 1. The Morgan fingerprint density at radius 3 is 2.62 bits per heavy atom. The van der Waals surface area contributed by atoms with E-state index in [1.807, 2.05) is 0 Å². The highest BCUT2D eigenvalue weighted by atomic mass is 35.5. The summed E-state index contributed by atoms with van der Waals surface area (Å²) in [5.74, 6) is -1.32. The number of benzene rings is 2. The summed E-state index contributed by atoms with van der Waals surface area (Å²) in [5.41, 5.74) is -0.249. The van der Waals surface area contributed by atoms with E-state index in [0.717, 1.165) is 4.68 Å². The Bertz CT molecular complexity index is 981. The van der Waals surface area contributed by atoms with E-state index >= 15 is 0 Å². The molecule has 0 amide bonds. The normalized spacial score (nSPS) is 10.8. The van der Waals surface area contributed by atoms with Crippen molar-refractivity contribution < 1.29 is 13.9 Å². The van der Waals surface area contributed by atoms with Crippen molar-refractivity contribution in [2.45, 2.75) is 6.61 Å². The minimum atomic E-state index is -0.763. The highest BCUT2D eigenvalue weighted by molar-refractivity contribution is 6.31. The molecule has 122 valence electrons. The van der Waals surface area contributed by atoms with E-state index in [2.05, 4.69) is 5.10 Å². The molecule has 5 nitrogen and oxygen atoms in total. The third-order valence-corrected chi connectivity index (χ3v) is 3.91. The Morgan fingerprint density at radius 1 is 1.21 bits per heavy atom. The molecule has 0 atom stereocenters. The van der Waals surface area contributed by atoms with Gasteiger partial charge in [-0.15, -0.1) is 0 Å². The average molecular weight is 347 g/mol. The molecule has 0 bridgehead atoms. The maximum atomic E-state index is 13.7. The summed E-state index contributed by atoms with van der Waals surface area (Å²) < 4.78 is 19.9. The number of esters is 1. The first kappa shape index (κ1) is 16.1. The van der Waals surface area contributed by atoms with E-state index in [1.165, 1.54) is 25.2 Å². The molecular weight excluding hydrogens is 335 g/mol. The number of carbonyl (C=O) groups is 1. The van der Waals surface area contributed by atoms with Crippen molar-refractivity contribution in [1.29, 1.82) is 0 Å². The van der Waals surface area contributed by atoms with Gasteiger partial charge in [0.25, 0.3) is 5.56 Å². The fourth-order valence-electron chi connectivity index (χ4n) is 2.33. The van der Waals surface area contributed by atoms with E-state index in [0.29, 0.717) is 10.8 Å². The van der Waals surface area contributed by atoms with Gasteiger partial charge < -0.3 is 4.74 Å². The lowest BCUT2D eigenvalue weighted by Crippen LogP contribution is -2.23. The number of hydrogen-bond acceptors (Lipinski definition) is 4. The average Bonchev–Trinajstić information content (AvgIpc) is 2.57. The summed E-state index contributed by atoms with van der Waals surface area (Å²) in [6.45, 7) is -0.330. The molecular formula is C17H12ClFN2O3. The maximum Gasteiger partial charge on any atom is 0.359 e. The minimum absolute atomic E-state index is 0.0137. The van der Waals surface area contributed by atoms with Crippen LogP contribution in [0.5, 0.6) is 0 Å². The second kappa shape index (κ2) is 6.41. The third-order valence-electron chi connectivity index (χ3n) is 3.56. The highest BCUT2D eigenvalue weighted by Crippen LogP contribution is 2.21.